The minimum absolute atomic E-state index is 0.0976. The van der Waals surface area contributed by atoms with Crippen molar-refractivity contribution < 1.29 is 9.44 Å². The summed E-state index contributed by atoms with van der Waals surface area (Å²) in [6, 6.07) is 10.6. The van der Waals surface area contributed by atoms with Gasteiger partial charge in [-0.25, -0.2) is 0 Å². The smallest absolute Gasteiger partial charge is 0.223 e. The average molecular weight is 377 g/mol. The molecule has 4 nitrogen and oxygen atoms in total. The molecule has 0 atom stereocenters. The van der Waals surface area contributed by atoms with Crippen LogP contribution in [0.4, 0.5) is 0 Å². The number of rotatable bonds is 13. The Labute approximate surface area is 166 Å². The van der Waals surface area contributed by atoms with E-state index in [1.165, 1.54) is 5.56 Å². The first-order valence-electron chi connectivity index (χ1n) is 10.6. The van der Waals surface area contributed by atoms with E-state index in [4.69, 9.17) is 0 Å². The number of nitrogens with zero attached hydrogens (tertiary/aromatic N) is 2. The molecule has 0 N–H and O–H groups in total. The van der Waals surface area contributed by atoms with Crippen LogP contribution in [0.15, 0.2) is 30.3 Å². The van der Waals surface area contributed by atoms with Gasteiger partial charge in [0.1, 0.15) is 0 Å². The molecule has 0 heterocycles. The van der Waals surface area contributed by atoms with Crippen molar-refractivity contribution in [1.82, 2.24) is 4.90 Å². The van der Waals surface area contributed by atoms with Crippen LogP contribution in [0.1, 0.15) is 71.3 Å². The van der Waals surface area contributed by atoms with Crippen LogP contribution in [-0.4, -0.2) is 49.2 Å². The molecule has 27 heavy (non-hydrogen) atoms. The van der Waals surface area contributed by atoms with Gasteiger partial charge in [0, 0.05) is 18.4 Å². The van der Waals surface area contributed by atoms with Crippen molar-refractivity contribution in [3.8, 4) is 0 Å². The van der Waals surface area contributed by atoms with Crippen LogP contribution in [0.5, 0.6) is 0 Å². The van der Waals surface area contributed by atoms with Crippen LogP contribution < -0.4 is 0 Å². The summed E-state index contributed by atoms with van der Waals surface area (Å²) < 4.78 is -0.362. The Balaban J connectivity index is 3.07. The minimum Gasteiger partial charge on any atom is -0.633 e. The van der Waals surface area contributed by atoms with Gasteiger partial charge in [0.25, 0.3) is 0 Å². The quantitative estimate of drug-likeness (QED) is 0.354. The largest absolute Gasteiger partial charge is 0.633 e. The Bertz CT molecular complexity index is 529. The Kier molecular flexibility index (Phi) is 10.0. The van der Waals surface area contributed by atoms with Gasteiger partial charge in [-0.05, 0) is 25.3 Å². The zero-order valence-corrected chi connectivity index (χ0v) is 18.2. The van der Waals surface area contributed by atoms with Crippen LogP contribution in [0.3, 0.4) is 0 Å². The van der Waals surface area contributed by atoms with Gasteiger partial charge in [0.05, 0.1) is 27.2 Å². The van der Waals surface area contributed by atoms with Crippen molar-refractivity contribution in [3.63, 3.8) is 0 Å². The number of carbonyl (C=O) groups is 1. The van der Waals surface area contributed by atoms with Crippen LogP contribution in [-0.2, 0) is 10.2 Å². The van der Waals surface area contributed by atoms with Crippen LogP contribution in [0.2, 0.25) is 0 Å². The molecule has 154 valence electrons. The third kappa shape index (κ3) is 8.02. The molecule has 0 unspecified atom stereocenters. The number of carbonyl (C=O) groups excluding carboxylic acids is 1. The van der Waals surface area contributed by atoms with Crippen molar-refractivity contribution in [1.29, 1.82) is 0 Å². The van der Waals surface area contributed by atoms with E-state index in [9.17, 15) is 10.0 Å². The summed E-state index contributed by atoms with van der Waals surface area (Å²) in [5.74, 6) is 0.182. The van der Waals surface area contributed by atoms with Crippen molar-refractivity contribution in [2.24, 2.45) is 0 Å². The molecule has 0 bridgehead atoms. The molecular weight excluding hydrogens is 336 g/mol. The second-order valence-corrected chi connectivity index (χ2v) is 8.30. The lowest BCUT2D eigenvalue weighted by Crippen LogP contribution is -2.44. The predicted molar refractivity (Wildman–Crippen MR) is 114 cm³/mol. The predicted octanol–water partition coefficient (Wildman–Crippen LogP) is 5.12. The Morgan fingerprint density at radius 3 is 2.04 bits per heavy atom. The van der Waals surface area contributed by atoms with Gasteiger partial charge in [0.2, 0.25) is 5.91 Å². The van der Waals surface area contributed by atoms with Gasteiger partial charge in [-0.15, -0.1) is 0 Å². The van der Waals surface area contributed by atoms with E-state index in [2.05, 4.69) is 38.1 Å². The summed E-state index contributed by atoms with van der Waals surface area (Å²) in [5.41, 5.74) is 1.19. The maximum absolute atomic E-state index is 13.2. The second-order valence-electron chi connectivity index (χ2n) is 8.30. The molecule has 0 aliphatic rings. The fraction of sp³-hybridized carbons (Fsp3) is 0.696. The van der Waals surface area contributed by atoms with Crippen molar-refractivity contribution in [2.45, 2.75) is 71.1 Å². The first-order chi connectivity index (χ1) is 12.8. The molecule has 0 aliphatic carbocycles. The normalized spacial score (nSPS) is 12.2. The van der Waals surface area contributed by atoms with Crippen molar-refractivity contribution in [2.75, 3.05) is 33.7 Å². The summed E-state index contributed by atoms with van der Waals surface area (Å²) in [6.07, 6.45) is 7.14. The van der Waals surface area contributed by atoms with Gasteiger partial charge < -0.3 is 14.8 Å². The third-order valence-corrected chi connectivity index (χ3v) is 5.54. The molecule has 0 spiro atoms. The van der Waals surface area contributed by atoms with Gasteiger partial charge in [-0.1, -0.05) is 69.9 Å². The lowest BCUT2D eigenvalue weighted by molar-refractivity contribution is -0.839. The van der Waals surface area contributed by atoms with E-state index < -0.39 is 0 Å². The third-order valence-electron chi connectivity index (χ3n) is 5.54. The highest BCUT2D eigenvalue weighted by Crippen LogP contribution is 2.39. The first-order valence-corrected chi connectivity index (χ1v) is 10.6. The zero-order chi connectivity index (χ0) is 20.3. The van der Waals surface area contributed by atoms with E-state index >= 15 is 0 Å². The molecule has 0 fully saturated rings. The van der Waals surface area contributed by atoms with Crippen LogP contribution >= 0.6 is 0 Å². The van der Waals surface area contributed by atoms with Gasteiger partial charge in [-0.3, -0.25) is 4.79 Å². The summed E-state index contributed by atoms with van der Waals surface area (Å²) in [4.78, 5) is 15.1. The zero-order valence-electron chi connectivity index (χ0n) is 18.2. The van der Waals surface area contributed by atoms with E-state index in [-0.39, 0.29) is 16.0 Å². The fourth-order valence-electron chi connectivity index (χ4n) is 3.74. The molecule has 4 heteroatoms. The van der Waals surface area contributed by atoms with Crippen molar-refractivity contribution in [3.05, 3.63) is 41.1 Å². The summed E-state index contributed by atoms with van der Waals surface area (Å²) in [7, 11) is 3.27. The van der Waals surface area contributed by atoms with E-state index in [1.54, 1.807) is 14.1 Å². The molecule has 0 saturated carbocycles. The topological polar surface area (TPSA) is 43.4 Å². The Hall–Kier alpha value is -1.39. The number of unbranched alkanes of at least 4 members (excludes halogenated alkanes) is 2. The number of hydrogen-bond acceptors (Lipinski definition) is 2. The molecule has 1 amide bonds. The lowest BCUT2D eigenvalue weighted by atomic mass is 9.70. The molecule has 0 radical (unpaired) electrons. The highest BCUT2D eigenvalue weighted by molar-refractivity contribution is 5.78. The fourth-order valence-corrected chi connectivity index (χ4v) is 3.74. The number of hydrogen-bond donors (Lipinski definition) is 0. The van der Waals surface area contributed by atoms with Crippen LogP contribution in [0.25, 0.3) is 0 Å². The number of amides is 1. The summed E-state index contributed by atoms with van der Waals surface area (Å²) >= 11 is 0. The van der Waals surface area contributed by atoms with Crippen LogP contribution in [0, 0.1) is 5.21 Å². The van der Waals surface area contributed by atoms with Crippen molar-refractivity contribution >= 4 is 5.91 Å². The Morgan fingerprint density at radius 2 is 1.59 bits per heavy atom. The summed E-state index contributed by atoms with van der Waals surface area (Å²) in [5, 5.41) is 11.9. The minimum atomic E-state index is -0.362. The number of likely N-dealkylation sites (N-methyl/N-ethyl adjacent to an activating group) is 2. The monoisotopic (exact) mass is 376 g/mol. The van der Waals surface area contributed by atoms with E-state index in [0.29, 0.717) is 26.1 Å². The SMILES string of the molecule is CCCCC(CCCC)(CC(=O)N(CC)CC[N+](C)(C)[O-])c1ccccc1. The molecule has 0 aromatic heterocycles. The molecule has 1 aromatic rings. The first kappa shape index (κ1) is 23.6. The second kappa shape index (κ2) is 11.5. The maximum atomic E-state index is 13.2. The molecule has 1 rings (SSSR count). The molecule has 0 aliphatic heterocycles. The average Bonchev–Trinajstić information content (AvgIpc) is 2.64. The van der Waals surface area contributed by atoms with E-state index in [1.807, 2.05) is 17.9 Å². The lowest BCUT2D eigenvalue weighted by Gasteiger charge is -2.38. The molecule has 1 aromatic carbocycles. The molecular formula is C23H40N2O2. The highest BCUT2D eigenvalue weighted by atomic mass is 16.5. The van der Waals surface area contributed by atoms with Gasteiger partial charge in [0.15, 0.2) is 0 Å². The number of hydroxylamine groups is 3. The highest BCUT2D eigenvalue weighted by Gasteiger charge is 2.35. The summed E-state index contributed by atoms with van der Waals surface area (Å²) in [6.45, 7) is 8.05. The van der Waals surface area contributed by atoms with Gasteiger partial charge in [-0.2, -0.15) is 0 Å². The van der Waals surface area contributed by atoms with E-state index in [0.717, 1.165) is 38.5 Å². The Morgan fingerprint density at radius 1 is 1.04 bits per heavy atom. The standard InChI is InChI=1S/C23H40N2O2/c1-6-9-16-23(17-10-7-2,21-14-12-11-13-15-21)20-22(26)24(8-3)18-19-25(4,5)27/h11-15H,6-10,16-20H2,1-5H3. The number of benzene rings is 1. The molecule has 0 saturated heterocycles. The van der Waals surface area contributed by atoms with Gasteiger partial charge >= 0.3 is 0 Å². The number of quaternary nitrogens is 1. The maximum Gasteiger partial charge on any atom is 0.223 e.